The summed E-state index contributed by atoms with van der Waals surface area (Å²) in [6, 6.07) is 7.49. The smallest absolute Gasteiger partial charge is 0.172 e. The lowest BCUT2D eigenvalue weighted by molar-refractivity contribution is 0.414. The number of aryl methyl sites for hydroxylation is 1. The molecular weight excluding hydrogens is 180 g/mol. The van der Waals surface area contributed by atoms with Gasteiger partial charge in [0.2, 0.25) is 0 Å². The van der Waals surface area contributed by atoms with E-state index in [9.17, 15) is 0 Å². The number of hydrogen-bond acceptors (Lipinski definition) is 4. The van der Waals surface area contributed by atoms with E-state index in [1.807, 2.05) is 24.3 Å². The Balaban J connectivity index is 2.41. The molecule has 0 unspecified atom stereocenters. The number of nitrogens with zero attached hydrogens (tertiary/aromatic N) is 4. The molecule has 0 amide bonds. The predicted octanol–water partition coefficient (Wildman–Crippen LogP) is 0.979. The second-order valence-electron chi connectivity index (χ2n) is 2.83. The van der Waals surface area contributed by atoms with E-state index < -0.39 is 0 Å². The molecule has 0 spiro atoms. The van der Waals surface area contributed by atoms with E-state index in [-0.39, 0.29) is 0 Å². The summed E-state index contributed by atoms with van der Waals surface area (Å²) < 4.78 is 5.09. The van der Waals surface area contributed by atoms with Crippen molar-refractivity contribution in [2.75, 3.05) is 7.11 Å². The first kappa shape index (κ1) is 8.68. The van der Waals surface area contributed by atoms with Gasteiger partial charge in [-0.25, -0.2) is 0 Å². The molecule has 0 fully saturated rings. The fourth-order valence-electron chi connectivity index (χ4n) is 1.13. The van der Waals surface area contributed by atoms with Crippen LogP contribution in [0.5, 0.6) is 5.75 Å². The molecule has 5 nitrogen and oxygen atoms in total. The van der Waals surface area contributed by atoms with Gasteiger partial charge in [-0.1, -0.05) is 6.07 Å². The molecule has 0 saturated carbocycles. The Morgan fingerprint density at radius 3 is 2.86 bits per heavy atom. The van der Waals surface area contributed by atoms with Gasteiger partial charge < -0.3 is 4.74 Å². The highest BCUT2D eigenvalue weighted by atomic mass is 16.5. The largest absolute Gasteiger partial charge is 0.497 e. The van der Waals surface area contributed by atoms with E-state index in [0.717, 1.165) is 11.4 Å². The summed E-state index contributed by atoms with van der Waals surface area (Å²) in [6.45, 7) is 1.80. The van der Waals surface area contributed by atoms with Gasteiger partial charge in [-0.3, -0.25) is 0 Å². The number of rotatable bonds is 2. The van der Waals surface area contributed by atoms with E-state index in [2.05, 4.69) is 15.4 Å². The fourth-order valence-corrected chi connectivity index (χ4v) is 1.13. The minimum Gasteiger partial charge on any atom is -0.497 e. The molecule has 0 aliphatic rings. The van der Waals surface area contributed by atoms with E-state index in [0.29, 0.717) is 5.82 Å². The normalized spacial score (nSPS) is 10.1. The van der Waals surface area contributed by atoms with Crippen LogP contribution in [0.3, 0.4) is 0 Å². The number of tetrazole rings is 1. The fraction of sp³-hybridized carbons (Fsp3) is 0.222. The van der Waals surface area contributed by atoms with E-state index >= 15 is 0 Å². The first-order valence-electron chi connectivity index (χ1n) is 4.20. The van der Waals surface area contributed by atoms with E-state index in [1.165, 1.54) is 4.80 Å². The van der Waals surface area contributed by atoms with Crippen LogP contribution in [0, 0.1) is 6.92 Å². The predicted molar refractivity (Wildman–Crippen MR) is 50.4 cm³/mol. The van der Waals surface area contributed by atoms with Gasteiger partial charge in [-0.2, -0.15) is 0 Å². The van der Waals surface area contributed by atoms with Crippen molar-refractivity contribution < 1.29 is 4.74 Å². The lowest BCUT2D eigenvalue weighted by Crippen LogP contribution is -1.99. The second kappa shape index (κ2) is 3.45. The molecule has 0 saturated heterocycles. The lowest BCUT2D eigenvalue weighted by Gasteiger charge is -2.01. The van der Waals surface area contributed by atoms with Crippen LogP contribution in [-0.4, -0.2) is 27.3 Å². The maximum absolute atomic E-state index is 5.09. The number of aromatic nitrogens is 4. The Morgan fingerprint density at radius 2 is 2.21 bits per heavy atom. The molecule has 0 N–H and O–H groups in total. The molecule has 0 aliphatic heterocycles. The van der Waals surface area contributed by atoms with Crippen LogP contribution in [0.2, 0.25) is 0 Å². The van der Waals surface area contributed by atoms with Crippen molar-refractivity contribution in [2.24, 2.45) is 0 Å². The molecule has 72 valence electrons. The monoisotopic (exact) mass is 190 g/mol. The molecular formula is C9H10N4O. The van der Waals surface area contributed by atoms with Crippen molar-refractivity contribution in [1.29, 1.82) is 0 Å². The van der Waals surface area contributed by atoms with Crippen LogP contribution in [0.1, 0.15) is 5.82 Å². The molecule has 14 heavy (non-hydrogen) atoms. The van der Waals surface area contributed by atoms with Gasteiger partial charge in [-0.05, 0) is 24.3 Å². The van der Waals surface area contributed by atoms with Gasteiger partial charge in [0, 0.05) is 6.07 Å². The Hall–Kier alpha value is -1.91. The number of benzene rings is 1. The zero-order valence-corrected chi connectivity index (χ0v) is 8.01. The van der Waals surface area contributed by atoms with Crippen LogP contribution >= 0.6 is 0 Å². The summed E-state index contributed by atoms with van der Waals surface area (Å²) in [4.78, 5) is 1.47. The average molecular weight is 190 g/mol. The van der Waals surface area contributed by atoms with Gasteiger partial charge in [0.05, 0.1) is 12.8 Å². The first-order valence-corrected chi connectivity index (χ1v) is 4.20. The van der Waals surface area contributed by atoms with Crippen LogP contribution in [0.25, 0.3) is 5.69 Å². The molecule has 1 aromatic carbocycles. The minimum absolute atomic E-state index is 0.646. The summed E-state index contributed by atoms with van der Waals surface area (Å²) >= 11 is 0. The van der Waals surface area contributed by atoms with Crippen LogP contribution in [0.15, 0.2) is 24.3 Å². The molecule has 0 atom stereocenters. The van der Waals surface area contributed by atoms with Crippen molar-refractivity contribution in [1.82, 2.24) is 20.2 Å². The van der Waals surface area contributed by atoms with Crippen LogP contribution < -0.4 is 4.74 Å². The Labute approximate surface area is 81.3 Å². The van der Waals surface area contributed by atoms with Crippen molar-refractivity contribution in [3.63, 3.8) is 0 Å². The van der Waals surface area contributed by atoms with Gasteiger partial charge in [-0.15, -0.1) is 15.0 Å². The molecule has 0 bridgehead atoms. The maximum Gasteiger partial charge on any atom is 0.172 e. The highest BCUT2D eigenvalue weighted by molar-refractivity contribution is 5.37. The van der Waals surface area contributed by atoms with Crippen molar-refractivity contribution in [3.05, 3.63) is 30.1 Å². The van der Waals surface area contributed by atoms with Crippen LogP contribution in [-0.2, 0) is 0 Å². The van der Waals surface area contributed by atoms with Crippen molar-refractivity contribution in [2.45, 2.75) is 6.92 Å². The SMILES string of the molecule is COc1cccc(-n2nnc(C)n2)c1. The standard InChI is InChI=1S/C9H10N4O/c1-7-10-12-13(11-7)8-4-3-5-9(6-8)14-2/h3-6H,1-2H3. The summed E-state index contributed by atoms with van der Waals surface area (Å²) in [5, 5.41) is 11.8. The quantitative estimate of drug-likeness (QED) is 0.708. The Morgan fingerprint density at radius 1 is 1.36 bits per heavy atom. The van der Waals surface area contributed by atoms with Crippen molar-refractivity contribution in [3.8, 4) is 11.4 Å². The minimum atomic E-state index is 0.646. The van der Waals surface area contributed by atoms with Gasteiger partial charge in [0.25, 0.3) is 0 Å². The van der Waals surface area contributed by atoms with E-state index in [4.69, 9.17) is 4.74 Å². The third-order valence-corrected chi connectivity index (χ3v) is 1.80. The number of ether oxygens (including phenoxy) is 1. The topological polar surface area (TPSA) is 52.8 Å². The van der Waals surface area contributed by atoms with Crippen molar-refractivity contribution >= 4 is 0 Å². The summed E-state index contributed by atoms with van der Waals surface area (Å²) in [5.41, 5.74) is 0.838. The molecule has 2 aromatic rings. The number of methoxy groups -OCH3 is 1. The first-order chi connectivity index (χ1) is 6.79. The number of hydrogen-bond donors (Lipinski definition) is 0. The third-order valence-electron chi connectivity index (χ3n) is 1.80. The maximum atomic E-state index is 5.09. The van der Waals surface area contributed by atoms with E-state index in [1.54, 1.807) is 14.0 Å². The molecule has 5 heteroatoms. The highest BCUT2D eigenvalue weighted by Gasteiger charge is 2.01. The molecule has 1 heterocycles. The highest BCUT2D eigenvalue weighted by Crippen LogP contribution is 2.14. The van der Waals surface area contributed by atoms with Crippen LogP contribution in [0.4, 0.5) is 0 Å². The summed E-state index contributed by atoms with van der Waals surface area (Å²) in [6.07, 6.45) is 0. The molecule has 0 radical (unpaired) electrons. The lowest BCUT2D eigenvalue weighted by atomic mass is 10.3. The molecule has 2 rings (SSSR count). The zero-order valence-electron chi connectivity index (χ0n) is 8.01. The summed E-state index contributed by atoms with van der Waals surface area (Å²) in [5.74, 6) is 1.42. The Kier molecular flexibility index (Phi) is 2.14. The second-order valence-corrected chi connectivity index (χ2v) is 2.83. The zero-order chi connectivity index (χ0) is 9.97. The van der Waals surface area contributed by atoms with Gasteiger partial charge in [0.15, 0.2) is 5.82 Å². The molecule has 0 aliphatic carbocycles. The summed E-state index contributed by atoms with van der Waals surface area (Å²) in [7, 11) is 1.62. The average Bonchev–Trinajstić information content (AvgIpc) is 2.65. The Bertz CT molecular complexity index is 438. The molecule has 1 aromatic heterocycles. The third kappa shape index (κ3) is 1.56. The van der Waals surface area contributed by atoms with Gasteiger partial charge >= 0.3 is 0 Å². The van der Waals surface area contributed by atoms with Gasteiger partial charge in [0.1, 0.15) is 5.75 Å².